The normalized spacial score (nSPS) is 11.6. The molecule has 0 atom stereocenters. The van der Waals surface area contributed by atoms with E-state index >= 15 is 0 Å². The van der Waals surface area contributed by atoms with Crippen LogP contribution in [0.2, 0.25) is 5.02 Å². The standard InChI is InChI=1S/C10H5ClF3N3O2/c11-7-2-1-5(3-6(7)10(12,13)14)17-8(18)4-15-16-9(17)19/h1-4H,(H,16,19). The van der Waals surface area contributed by atoms with Crippen LogP contribution in [-0.4, -0.2) is 14.8 Å². The van der Waals surface area contributed by atoms with Crippen molar-refractivity contribution in [2.75, 3.05) is 0 Å². The fraction of sp³-hybridized carbons (Fsp3) is 0.100. The zero-order chi connectivity index (χ0) is 14.2. The molecule has 100 valence electrons. The van der Waals surface area contributed by atoms with E-state index < -0.39 is 28.0 Å². The number of nitrogens with zero attached hydrogens (tertiary/aromatic N) is 2. The van der Waals surface area contributed by atoms with Gasteiger partial charge in [0.05, 0.1) is 16.3 Å². The molecule has 0 saturated carbocycles. The molecule has 0 fully saturated rings. The zero-order valence-electron chi connectivity index (χ0n) is 9.03. The Morgan fingerprint density at radius 1 is 1.26 bits per heavy atom. The van der Waals surface area contributed by atoms with Gasteiger partial charge in [-0.1, -0.05) is 11.6 Å². The maximum absolute atomic E-state index is 12.7. The van der Waals surface area contributed by atoms with Gasteiger partial charge in [0.25, 0.3) is 5.56 Å². The van der Waals surface area contributed by atoms with Crippen LogP contribution in [0.15, 0.2) is 34.0 Å². The molecule has 0 aliphatic carbocycles. The average molecular weight is 292 g/mol. The van der Waals surface area contributed by atoms with Crippen molar-refractivity contribution in [1.29, 1.82) is 0 Å². The highest BCUT2D eigenvalue weighted by atomic mass is 35.5. The van der Waals surface area contributed by atoms with Gasteiger partial charge < -0.3 is 0 Å². The lowest BCUT2D eigenvalue weighted by atomic mass is 10.2. The first-order chi connectivity index (χ1) is 8.80. The molecule has 1 aromatic heterocycles. The van der Waals surface area contributed by atoms with Crippen LogP contribution in [0.3, 0.4) is 0 Å². The van der Waals surface area contributed by atoms with Gasteiger partial charge in [-0.25, -0.2) is 14.5 Å². The van der Waals surface area contributed by atoms with E-state index in [0.717, 1.165) is 18.3 Å². The van der Waals surface area contributed by atoms with Gasteiger partial charge in [-0.05, 0) is 18.2 Å². The molecule has 0 saturated heterocycles. The average Bonchev–Trinajstić information content (AvgIpc) is 2.29. The number of hydrogen-bond donors (Lipinski definition) is 1. The summed E-state index contributed by atoms with van der Waals surface area (Å²) >= 11 is 5.44. The van der Waals surface area contributed by atoms with Crippen molar-refractivity contribution < 1.29 is 13.2 Å². The quantitative estimate of drug-likeness (QED) is 0.867. The molecule has 1 aromatic carbocycles. The van der Waals surface area contributed by atoms with Gasteiger partial charge in [-0.15, -0.1) is 0 Å². The van der Waals surface area contributed by atoms with Crippen molar-refractivity contribution in [2.45, 2.75) is 6.18 Å². The van der Waals surface area contributed by atoms with Gasteiger partial charge in [0, 0.05) is 0 Å². The Labute approximate surface area is 108 Å². The fourth-order valence-corrected chi connectivity index (χ4v) is 1.69. The second kappa shape index (κ2) is 4.54. The minimum absolute atomic E-state index is 0.245. The van der Waals surface area contributed by atoms with Crippen LogP contribution >= 0.6 is 11.6 Å². The molecule has 0 aliphatic heterocycles. The van der Waals surface area contributed by atoms with E-state index in [0.29, 0.717) is 10.6 Å². The maximum Gasteiger partial charge on any atom is 0.417 e. The summed E-state index contributed by atoms with van der Waals surface area (Å²) in [6.45, 7) is 0. The molecule has 9 heteroatoms. The molecule has 0 amide bonds. The highest BCUT2D eigenvalue weighted by Gasteiger charge is 2.33. The van der Waals surface area contributed by atoms with Crippen molar-refractivity contribution in [3.8, 4) is 5.69 Å². The first-order valence-electron chi connectivity index (χ1n) is 4.84. The van der Waals surface area contributed by atoms with E-state index in [-0.39, 0.29) is 5.69 Å². The summed E-state index contributed by atoms with van der Waals surface area (Å²) in [7, 11) is 0. The summed E-state index contributed by atoms with van der Waals surface area (Å²) in [6.07, 6.45) is -3.90. The van der Waals surface area contributed by atoms with Crippen LogP contribution in [-0.2, 0) is 6.18 Å². The molecule has 0 spiro atoms. The summed E-state index contributed by atoms with van der Waals surface area (Å²) < 4.78 is 38.6. The van der Waals surface area contributed by atoms with Crippen molar-refractivity contribution in [3.63, 3.8) is 0 Å². The lowest BCUT2D eigenvalue weighted by Gasteiger charge is -2.11. The molecule has 19 heavy (non-hydrogen) atoms. The van der Waals surface area contributed by atoms with Crippen molar-refractivity contribution in [2.24, 2.45) is 0 Å². The summed E-state index contributed by atoms with van der Waals surface area (Å²) in [5.74, 6) is 0. The predicted octanol–water partition coefficient (Wildman–Crippen LogP) is 1.59. The molecule has 2 aromatic rings. The number of aromatic amines is 1. The highest BCUT2D eigenvalue weighted by Crippen LogP contribution is 2.35. The lowest BCUT2D eigenvalue weighted by Crippen LogP contribution is -2.33. The number of aromatic nitrogens is 3. The van der Waals surface area contributed by atoms with E-state index in [1.165, 1.54) is 0 Å². The van der Waals surface area contributed by atoms with Crippen molar-refractivity contribution in [1.82, 2.24) is 14.8 Å². The van der Waals surface area contributed by atoms with E-state index in [1.807, 2.05) is 5.10 Å². The second-order valence-corrected chi connectivity index (χ2v) is 3.92. The highest BCUT2D eigenvalue weighted by molar-refractivity contribution is 6.31. The second-order valence-electron chi connectivity index (χ2n) is 3.51. The van der Waals surface area contributed by atoms with Crippen LogP contribution in [0, 0.1) is 0 Å². The van der Waals surface area contributed by atoms with Crippen LogP contribution in [0.1, 0.15) is 5.56 Å². The van der Waals surface area contributed by atoms with Gasteiger partial charge in [0.1, 0.15) is 6.20 Å². The molecule has 0 aliphatic rings. The fourth-order valence-electron chi connectivity index (χ4n) is 1.46. The van der Waals surface area contributed by atoms with Crippen LogP contribution < -0.4 is 11.2 Å². The summed E-state index contributed by atoms with van der Waals surface area (Å²) in [5.41, 5.74) is -3.16. The number of H-pyrrole nitrogens is 1. The minimum atomic E-state index is -4.68. The molecule has 0 bridgehead atoms. The molecule has 1 N–H and O–H groups in total. The Bertz CT molecular complexity index is 708. The van der Waals surface area contributed by atoms with Gasteiger partial charge in [-0.2, -0.15) is 18.3 Å². The smallest absolute Gasteiger partial charge is 0.267 e. The molecule has 0 unspecified atom stereocenters. The van der Waals surface area contributed by atoms with Gasteiger partial charge in [0.2, 0.25) is 0 Å². The van der Waals surface area contributed by atoms with Crippen LogP contribution in [0.5, 0.6) is 0 Å². The Kier molecular flexibility index (Phi) is 3.19. The van der Waals surface area contributed by atoms with Crippen molar-refractivity contribution >= 4 is 11.6 Å². The molecular formula is C10H5ClF3N3O2. The molecule has 5 nitrogen and oxygen atoms in total. The SMILES string of the molecule is O=c1cn[nH]c(=O)n1-c1ccc(Cl)c(C(F)(F)F)c1. The van der Waals surface area contributed by atoms with Gasteiger partial charge >= 0.3 is 11.9 Å². The van der Waals surface area contributed by atoms with Gasteiger partial charge in [-0.3, -0.25) is 4.79 Å². The Hall–Kier alpha value is -2.09. The number of halogens is 4. The van der Waals surface area contributed by atoms with E-state index in [4.69, 9.17) is 11.6 Å². The number of rotatable bonds is 1. The molecular weight excluding hydrogens is 287 g/mol. The van der Waals surface area contributed by atoms with E-state index in [1.54, 1.807) is 0 Å². The van der Waals surface area contributed by atoms with Gasteiger partial charge in [0.15, 0.2) is 0 Å². The summed E-state index contributed by atoms with van der Waals surface area (Å²) in [5, 5.41) is 4.68. The van der Waals surface area contributed by atoms with E-state index in [2.05, 4.69) is 5.10 Å². The van der Waals surface area contributed by atoms with Crippen LogP contribution in [0.25, 0.3) is 5.69 Å². The molecule has 0 radical (unpaired) electrons. The number of alkyl halides is 3. The third-order valence-corrected chi connectivity index (χ3v) is 2.60. The third-order valence-electron chi connectivity index (χ3n) is 2.27. The maximum atomic E-state index is 12.7. The Balaban J connectivity index is 2.72. The largest absolute Gasteiger partial charge is 0.417 e. The minimum Gasteiger partial charge on any atom is -0.267 e. The lowest BCUT2D eigenvalue weighted by molar-refractivity contribution is -0.137. The number of nitrogens with one attached hydrogen (secondary N) is 1. The van der Waals surface area contributed by atoms with Crippen molar-refractivity contribution in [3.05, 3.63) is 55.8 Å². The third kappa shape index (κ3) is 2.53. The number of benzene rings is 1. The summed E-state index contributed by atoms with van der Waals surface area (Å²) in [4.78, 5) is 22.9. The Morgan fingerprint density at radius 2 is 1.95 bits per heavy atom. The first kappa shape index (κ1) is 13.3. The number of hydrogen-bond acceptors (Lipinski definition) is 3. The first-order valence-corrected chi connectivity index (χ1v) is 5.22. The predicted molar refractivity (Wildman–Crippen MR) is 60.5 cm³/mol. The zero-order valence-corrected chi connectivity index (χ0v) is 9.79. The van der Waals surface area contributed by atoms with Crippen LogP contribution in [0.4, 0.5) is 13.2 Å². The Morgan fingerprint density at radius 3 is 2.53 bits per heavy atom. The van der Waals surface area contributed by atoms with E-state index in [9.17, 15) is 22.8 Å². The molecule has 1 heterocycles. The molecule has 2 rings (SSSR count). The topological polar surface area (TPSA) is 67.8 Å². The monoisotopic (exact) mass is 291 g/mol. The summed E-state index contributed by atoms with van der Waals surface area (Å²) in [6, 6.07) is 2.72.